The average Bonchev–Trinajstić information content (AvgIpc) is 3.74. The number of esters is 1. The van der Waals surface area contributed by atoms with Gasteiger partial charge in [-0.05, 0) is 101 Å². The van der Waals surface area contributed by atoms with Gasteiger partial charge in [-0.25, -0.2) is 14.6 Å². The van der Waals surface area contributed by atoms with E-state index in [9.17, 15) is 19.2 Å². The summed E-state index contributed by atoms with van der Waals surface area (Å²) in [5.74, 6) is -1.10. The minimum Gasteiger partial charge on any atom is -0.493 e. The molecule has 4 heterocycles. The van der Waals surface area contributed by atoms with Crippen LogP contribution in [0.4, 0.5) is 10.5 Å². The number of amides is 2. The van der Waals surface area contributed by atoms with Crippen LogP contribution in [0.25, 0.3) is 38.5 Å². The third-order valence-electron chi connectivity index (χ3n) is 8.50. The van der Waals surface area contributed by atoms with E-state index >= 15 is 0 Å². The van der Waals surface area contributed by atoms with Gasteiger partial charge in [0.1, 0.15) is 17.0 Å². The van der Waals surface area contributed by atoms with E-state index in [1.807, 2.05) is 59.1 Å². The van der Waals surface area contributed by atoms with Crippen LogP contribution in [0.15, 0.2) is 65.7 Å². The minimum atomic E-state index is -0.765. The molecule has 2 N–H and O–H groups in total. The number of fused-ring (bicyclic) bond motifs is 4. The Balaban J connectivity index is 1.51. The Kier molecular flexibility index (Phi) is 10.5. The van der Waals surface area contributed by atoms with Gasteiger partial charge in [0.15, 0.2) is 5.69 Å². The number of nitrogens with zero attached hydrogens (tertiary/aromatic N) is 2. The molecule has 11 nitrogen and oxygen atoms in total. The summed E-state index contributed by atoms with van der Waals surface area (Å²) in [6.45, 7) is 12.1. The molecule has 0 saturated carbocycles. The summed E-state index contributed by atoms with van der Waals surface area (Å²) in [6, 6.07) is 14.0. The van der Waals surface area contributed by atoms with E-state index in [1.54, 1.807) is 47.9 Å². The molecule has 0 fully saturated rings. The van der Waals surface area contributed by atoms with Gasteiger partial charge in [-0.1, -0.05) is 18.6 Å². The molecule has 0 radical (unpaired) electrons. The van der Waals surface area contributed by atoms with Gasteiger partial charge in [-0.3, -0.25) is 14.2 Å². The predicted octanol–water partition coefficient (Wildman–Crippen LogP) is 8.75. The molecule has 274 valence electrons. The maximum Gasteiger partial charge on any atom is 0.418 e. The van der Waals surface area contributed by atoms with Crippen LogP contribution in [0.2, 0.25) is 0 Å². The molecular weight excluding hydrogens is 693 g/mol. The van der Waals surface area contributed by atoms with Crippen LogP contribution in [0.1, 0.15) is 90.4 Å². The Bertz CT molecular complexity index is 2290. The van der Waals surface area contributed by atoms with Gasteiger partial charge in [0.25, 0.3) is 11.8 Å². The second kappa shape index (κ2) is 15.1. The molecule has 6 rings (SSSR count). The number of allylic oxidation sites excluding steroid dienone is 1. The quantitative estimate of drug-likeness (QED) is 0.151. The highest BCUT2D eigenvalue weighted by Crippen LogP contribution is 2.43. The van der Waals surface area contributed by atoms with Crippen LogP contribution in [0.3, 0.4) is 0 Å². The number of carbonyl (C=O) groups excluding carboxylic acids is 4. The molecule has 2 amide bonds. The second-order valence-electron chi connectivity index (χ2n) is 13.9. The lowest BCUT2D eigenvalue weighted by molar-refractivity contribution is 0.0542. The van der Waals surface area contributed by atoms with Crippen LogP contribution in [0.5, 0.6) is 5.75 Å². The van der Waals surface area contributed by atoms with Crippen molar-refractivity contribution in [2.24, 2.45) is 0 Å². The van der Waals surface area contributed by atoms with Crippen molar-refractivity contribution in [1.82, 2.24) is 14.9 Å². The third kappa shape index (κ3) is 7.73. The van der Waals surface area contributed by atoms with E-state index < -0.39 is 29.5 Å². The first-order chi connectivity index (χ1) is 25.3. The van der Waals surface area contributed by atoms with Gasteiger partial charge in [0.05, 0.1) is 19.2 Å². The maximum atomic E-state index is 14.7. The van der Waals surface area contributed by atoms with Crippen molar-refractivity contribution in [1.29, 1.82) is 0 Å². The first-order valence-electron chi connectivity index (χ1n) is 17.4. The van der Waals surface area contributed by atoms with Crippen molar-refractivity contribution in [3.8, 4) is 27.3 Å². The first kappa shape index (κ1) is 37.0. The zero-order chi connectivity index (χ0) is 38.0. The molecule has 2 aromatic carbocycles. The molecule has 0 bridgehead atoms. The van der Waals surface area contributed by atoms with Crippen molar-refractivity contribution in [2.75, 3.05) is 25.6 Å². The fourth-order valence-corrected chi connectivity index (χ4v) is 7.14. The molecule has 1 aliphatic heterocycles. The summed E-state index contributed by atoms with van der Waals surface area (Å²) in [6.07, 6.45) is 4.51. The number of ether oxygens (including phenoxy) is 3. The number of nitrogens with one attached hydrogen (secondary N) is 2. The number of pyridine rings is 1. The van der Waals surface area contributed by atoms with Crippen molar-refractivity contribution in [2.45, 2.75) is 60.0 Å². The average molecular weight is 735 g/mol. The number of rotatable bonds is 8. The summed E-state index contributed by atoms with van der Waals surface area (Å²) in [5, 5.41) is 8.66. The van der Waals surface area contributed by atoms with E-state index in [1.165, 1.54) is 17.7 Å². The summed E-state index contributed by atoms with van der Waals surface area (Å²) in [7, 11) is 1.24. The molecule has 0 aliphatic carbocycles. The fraction of sp³-hybridized carbons (Fsp3) is 0.293. The maximum absolute atomic E-state index is 14.7. The van der Waals surface area contributed by atoms with Crippen LogP contribution < -0.4 is 15.4 Å². The predicted molar refractivity (Wildman–Crippen MR) is 207 cm³/mol. The molecule has 12 heteroatoms. The number of aromatic nitrogens is 2. The van der Waals surface area contributed by atoms with E-state index in [-0.39, 0.29) is 17.0 Å². The normalized spacial score (nSPS) is 12.1. The van der Waals surface area contributed by atoms with Gasteiger partial charge >= 0.3 is 12.1 Å². The van der Waals surface area contributed by atoms with E-state index in [0.29, 0.717) is 53.2 Å². The molecule has 53 heavy (non-hydrogen) atoms. The smallest absolute Gasteiger partial charge is 0.418 e. The molecule has 0 unspecified atom stereocenters. The van der Waals surface area contributed by atoms with Crippen LogP contribution in [0, 0.1) is 0 Å². The molecule has 3 aromatic heterocycles. The molecular formula is C41H42N4O7S. The second-order valence-corrected chi connectivity index (χ2v) is 14.8. The highest BCUT2D eigenvalue weighted by molar-refractivity contribution is 7.13. The Labute approximate surface area is 312 Å². The summed E-state index contributed by atoms with van der Waals surface area (Å²) < 4.78 is 18.4. The van der Waals surface area contributed by atoms with Gasteiger partial charge in [-0.2, -0.15) is 0 Å². The van der Waals surface area contributed by atoms with Gasteiger partial charge in [-0.15, -0.1) is 11.3 Å². The number of anilines is 1. The fourth-order valence-electron chi connectivity index (χ4n) is 6.16. The molecule has 0 spiro atoms. The van der Waals surface area contributed by atoms with Crippen molar-refractivity contribution >= 4 is 57.9 Å². The zero-order valence-electron chi connectivity index (χ0n) is 30.8. The van der Waals surface area contributed by atoms with Crippen LogP contribution >= 0.6 is 11.3 Å². The zero-order valence-corrected chi connectivity index (χ0v) is 31.7. The number of benzene rings is 2. The summed E-state index contributed by atoms with van der Waals surface area (Å²) in [4.78, 5) is 59.3. The number of carbonyl (C=O) groups is 4. The van der Waals surface area contributed by atoms with Crippen LogP contribution in [-0.2, 0) is 15.9 Å². The van der Waals surface area contributed by atoms with Crippen LogP contribution in [-0.4, -0.2) is 59.3 Å². The molecule has 0 saturated heterocycles. The Hall–Kier alpha value is -5.75. The SMILES string of the molecule is CCCNC(=O)c1ccc(-c2cc3c(cc2C(=O)Nc2ccc4c(ccn4C(=O)OC(C)(C)C)c2C=C(C)C)-c2sccc2CCO3)c(C(=O)OC)n1. The summed E-state index contributed by atoms with van der Waals surface area (Å²) >= 11 is 1.56. The van der Waals surface area contributed by atoms with Gasteiger partial charge < -0.3 is 24.8 Å². The monoisotopic (exact) mass is 734 g/mol. The van der Waals surface area contributed by atoms with Crippen molar-refractivity contribution in [3.05, 3.63) is 93.8 Å². The summed E-state index contributed by atoms with van der Waals surface area (Å²) in [5.41, 5.74) is 4.82. The lowest BCUT2D eigenvalue weighted by Crippen LogP contribution is -2.26. The van der Waals surface area contributed by atoms with E-state index in [0.717, 1.165) is 33.4 Å². The number of thiophene rings is 1. The highest BCUT2D eigenvalue weighted by Gasteiger charge is 2.28. The van der Waals surface area contributed by atoms with Gasteiger partial charge in [0.2, 0.25) is 0 Å². The van der Waals surface area contributed by atoms with Gasteiger partial charge in [0, 0.05) is 62.9 Å². The number of methoxy groups -OCH3 is 1. The standard InChI is InChI=1S/C41H42N4O7S/c1-8-16-42-38(47)32-10-9-26(35(43-32)39(48)50-7)27-22-34-30(36-24(14-18-51-34)15-19-53-36)21-29(27)37(46)44-31-11-12-33-25(28(31)20-23(2)3)13-17-45(33)40(49)52-41(4,5)6/h9-13,15,17,19-22H,8,14,16,18H2,1-7H3,(H,42,47)(H,44,46). The van der Waals surface area contributed by atoms with Crippen molar-refractivity contribution < 1.29 is 33.4 Å². The molecule has 5 aromatic rings. The largest absolute Gasteiger partial charge is 0.493 e. The first-order valence-corrected chi connectivity index (χ1v) is 18.3. The van der Waals surface area contributed by atoms with E-state index in [2.05, 4.69) is 21.7 Å². The number of hydrogen-bond donors (Lipinski definition) is 2. The Morgan fingerprint density at radius 1 is 1.00 bits per heavy atom. The topological polar surface area (TPSA) is 138 Å². The lowest BCUT2D eigenvalue weighted by atomic mass is 9.93. The molecule has 0 atom stereocenters. The Morgan fingerprint density at radius 3 is 2.51 bits per heavy atom. The van der Waals surface area contributed by atoms with E-state index in [4.69, 9.17) is 14.2 Å². The Morgan fingerprint density at radius 2 is 1.79 bits per heavy atom. The number of hydrogen-bond acceptors (Lipinski definition) is 9. The lowest BCUT2D eigenvalue weighted by Gasteiger charge is -2.20. The molecule has 1 aliphatic rings. The minimum absolute atomic E-state index is 0.0424. The van der Waals surface area contributed by atoms with Crippen molar-refractivity contribution in [3.63, 3.8) is 0 Å². The highest BCUT2D eigenvalue weighted by atomic mass is 32.1. The third-order valence-corrected chi connectivity index (χ3v) is 9.49.